The second-order valence-electron chi connectivity index (χ2n) is 10.6. The Kier molecular flexibility index (Phi) is 5.71. The SMILES string of the molecule is CC(C)(C)c1ccc(COC(=O)c2c3c(nc4ccccc24)C(=Cc2ccc4c(c2)OCO4)CC3)cc1. The Hall–Kier alpha value is -4.12. The molecule has 186 valence electrons. The number of hydrogen-bond acceptors (Lipinski definition) is 5. The Morgan fingerprint density at radius 2 is 1.76 bits per heavy atom. The number of para-hydroxylation sites is 1. The minimum Gasteiger partial charge on any atom is -0.457 e. The van der Waals surface area contributed by atoms with Crippen LogP contribution in [0.3, 0.4) is 0 Å². The molecule has 0 unspecified atom stereocenters. The summed E-state index contributed by atoms with van der Waals surface area (Å²) >= 11 is 0. The van der Waals surface area contributed by atoms with Crippen molar-refractivity contribution in [1.82, 2.24) is 4.98 Å². The molecule has 3 aromatic carbocycles. The molecule has 1 aliphatic carbocycles. The van der Waals surface area contributed by atoms with Gasteiger partial charge in [-0.05, 0) is 70.4 Å². The molecule has 5 nitrogen and oxygen atoms in total. The summed E-state index contributed by atoms with van der Waals surface area (Å²) in [6, 6.07) is 22.0. The van der Waals surface area contributed by atoms with Crippen molar-refractivity contribution in [3.05, 3.63) is 100 Å². The summed E-state index contributed by atoms with van der Waals surface area (Å²) in [5, 5.41) is 0.832. The first-order chi connectivity index (χ1) is 17.9. The number of hydrogen-bond donors (Lipinski definition) is 0. The van der Waals surface area contributed by atoms with Crippen LogP contribution in [0.4, 0.5) is 0 Å². The lowest BCUT2D eigenvalue weighted by atomic mass is 9.87. The Bertz CT molecular complexity index is 1540. The van der Waals surface area contributed by atoms with Crippen LogP contribution in [-0.2, 0) is 23.2 Å². The van der Waals surface area contributed by atoms with E-state index in [2.05, 4.69) is 39.0 Å². The highest BCUT2D eigenvalue weighted by Crippen LogP contribution is 2.39. The van der Waals surface area contributed by atoms with Crippen LogP contribution < -0.4 is 9.47 Å². The van der Waals surface area contributed by atoms with Gasteiger partial charge in [-0.1, -0.05) is 69.3 Å². The molecule has 0 saturated heterocycles. The topological polar surface area (TPSA) is 57.7 Å². The van der Waals surface area contributed by atoms with Crippen molar-refractivity contribution in [3.63, 3.8) is 0 Å². The van der Waals surface area contributed by atoms with Gasteiger partial charge in [0.25, 0.3) is 0 Å². The number of benzene rings is 3. The first kappa shape index (κ1) is 23.3. The molecule has 0 saturated carbocycles. The van der Waals surface area contributed by atoms with Crippen LogP contribution >= 0.6 is 0 Å². The number of rotatable bonds is 4. The van der Waals surface area contributed by atoms with E-state index >= 15 is 0 Å². The fourth-order valence-electron chi connectivity index (χ4n) is 5.04. The van der Waals surface area contributed by atoms with Crippen molar-refractivity contribution < 1.29 is 19.0 Å². The number of allylic oxidation sites excluding steroid dienone is 1. The fourth-order valence-corrected chi connectivity index (χ4v) is 5.04. The van der Waals surface area contributed by atoms with E-state index < -0.39 is 0 Å². The van der Waals surface area contributed by atoms with Crippen molar-refractivity contribution in [3.8, 4) is 11.5 Å². The maximum absolute atomic E-state index is 13.5. The summed E-state index contributed by atoms with van der Waals surface area (Å²) in [5.41, 5.74) is 7.68. The Balaban J connectivity index is 1.32. The maximum atomic E-state index is 13.5. The van der Waals surface area contributed by atoms with Crippen LogP contribution in [0.25, 0.3) is 22.6 Å². The van der Waals surface area contributed by atoms with Gasteiger partial charge in [-0.3, -0.25) is 0 Å². The van der Waals surface area contributed by atoms with E-state index in [4.69, 9.17) is 19.2 Å². The average Bonchev–Trinajstić information content (AvgIpc) is 3.52. The normalized spacial score (nSPS) is 15.3. The highest BCUT2D eigenvalue weighted by atomic mass is 16.7. The second kappa shape index (κ2) is 9.07. The standard InChI is InChI=1S/C32H29NO4/c1-32(2,3)23-12-8-20(9-13-23)18-35-31(34)29-24-6-4-5-7-26(24)33-30-22(11-14-25(29)30)16-21-10-15-27-28(17-21)37-19-36-27/h4-10,12-13,15-17H,11,14,18-19H2,1-3H3. The molecular formula is C32H29NO4. The third-order valence-electron chi connectivity index (χ3n) is 7.07. The summed E-state index contributed by atoms with van der Waals surface area (Å²) in [5.74, 6) is 1.20. The molecule has 1 aromatic heterocycles. The van der Waals surface area contributed by atoms with Gasteiger partial charge < -0.3 is 14.2 Å². The highest BCUT2D eigenvalue weighted by molar-refractivity contribution is 6.07. The van der Waals surface area contributed by atoms with Gasteiger partial charge in [-0.25, -0.2) is 9.78 Å². The van der Waals surface area contributed by atoms with Crippen molar-refractivity contribution in [2.75, 3.05) is 6.79 Å². The lowest BCUT2D eigenvalue weighted by molar-refractivity contribution is 0.0473. The van der Waals surface area contributed by atoms with E-state index in [1.807, 2.05) is 54.6 Å². The number of nitrogens with zero attached hydrogens (tertiary/aromatic N) is 1. The molecule has 2 aliphatic rings. The minimum absolute atomic E-state index is 0.0809. The number of fused-ring (bicyclic) bond motifs is 3. The summed E-state index contributed by atoms with van der Waals surface area (Å²) in [4.78, 5) is 18.5. The molecule has 6 rings (SSSR count). The third kappa shape index (κ3) is 4.46. The van der Waals surface area contributed by atoms with Gasteiger partial charge >= 0.3 is 5.97 Å². The monoisotopic (exact) mass is 491 g/mol. The molecule has 4 aromatic rings. The molecule has 0 bridgehead atoms. The predicted octanol–water partition coefficient (Wildman–Crippen LogP) is 7.10. The zero-order chi connectivity index (χ0) is 25.6. The molecule has 5 heteroatoms. The van der Waals surface area contributed by atoms with E-state index in [0.717, 1.165) is 63.2 Å². The fraction of sp³-hybridized carbons (Fsp3) is 0.250. The Labute approximate surface area is 216 Å². The van der Waals surface area contributed by atoms with Crippen molar-refractivity contribution in [1.29, 1.82) is 0 Å². The largest absolute Gasteiger partial charge is 0.457 e. The molecule has 0 fully saturated rings. The van der Waals surface area contributed by atoms with Crippen LogP contribution in [0.5, 0.6) is 11.5 Å². The molecule has 1 aliphatic heterocycles. The first-order valence-corrected chi connectivity index (χ1v) is 12.7. The van der Waals surface area contributed by atoms with E-state index in [-0.39, 0.29) is 24.8 Å². The van der Waals surface area contributed by atoms with Gasteiger partial charge in [0.05, 0.1) is 16.8 Å². The summed E-state index contributed by atoms with van der Waals surface area (Å²) in [6.45, 7) is 7.04. The summed E-state index contributed by atoms with van der Waals surface area (Å²) in [6.07, 6.45) is 3.68. The van der Waals surface area contributed by atoms with Gasteiger partial charge in [0.15, 0.2) is 11.5 Å². The maximum Gasteiger partial charge on any atom is 0.339 e. The number of ether oxygens (including phenoxy) is 3. The quantitative estimate of drug-likeness (QED) is 0.285. The molecular weight excluding hydrogens is 462 g/mol. The van der Waals surface area contributed by atoms with Crippen molar-refractivity contribution >= 4 is 28.5 Å². The number of carbonyl (C=O) groups excluding carboxylic acids is 1. The van der Waals surface area contributed by atoms with Crippen LogP contribution in [0.15, 0.2) is 66.7 Å². The van der Waals surface area contributed by atoms with E-state index in [1.54, 1.807) is 0 Å². The molecule has 0 atom stereocenters. The number of pyridine rings is 1. The smallest absolute Gasteiger partial charge is 0.339 e. The van der Waals surface area contributed by atoms with E-state index in [9.17, 15) is 4.79 Å². The third-order valence-corrected chi connectivity index (χ3v) is 7.07. The predicted molar refractivity (Wildman–Crippen MR) is 145 cm³/mol. The summed E-state index contributed by atoms with van der Waals surface area (Å²) < 4.78 is 16.8. The molecule has 0 radical (unpaired) electrons. The number of aromatic nitrogens is 1. The highest BCUT2D eigenvalue weighted by Gasteiger charge is 2.28. The van der Waals surface area contributed by atoms with Crippen LogP contribution in [0.1, 0.15) is 65.5 Å². The van der Waals surface area contributed by atoms with Gasteiger partial charge in [0, 0.05) is 5.39 Å². The zero-order valence-electron chi connectivity index (χ0n) is 21.3. The number of carbonyl (C=O) groups is 1. The Morgan fingerprint density at radius 3 is 2.57 bits per heavy atom. The van der Waals surface area contributed by atoms with Gasteiger partial charge in [-0.15, -0.1) is 0 Å². The lowest BCUT2D eigenvalue weighted by Crippen LogP contribution is -2.12. The molecule has 2 heterocycles. The molecule has 0 amide bonds. The second-order valence-corrected chi connectivity index (χ2v) is 10.6. The molecule has 37 heavy (non-hydrogen) atoms. The minimum atomic E-state index is -0.306. The Morgan fingerprint density at radius 1 is 0.973 bits per heavy atom. The zero-order valence-corrected chi connectivity index (χ0v) is 21.3. The van der Waals surface area contributed by atoms with Crippen molar-refractivity contribution in [2.24, 2.45) is 0 Å². The number of esters is 1. The van der Waals surface area contributed by atoms with Gasteiger partial charge in [0.1, 0.15) is 6.61 Å². The van der Waals surface area contributed by atoms with Crippen LogP contribution in [0, 0.1) is 0 Å². The first-order valence-electron chi connectivity index (χ1n) is 12.7. The van der Waals surface area contributed by atoms with E-state index in [0.29, 0.717) is 5.56 Å². The van der Waals surface area contributed by atoms with Gasteiger partial charge in [0.2, 0.25) is 6.79 Å². The van der Waals surface area contributed by atoms with Crippen LogP contribution in [-0.4, -0.2) is 17.7 Å². The van der Waals surface area contributed by atoms with Gasteiger partial charge in [-0.2, -0.15) is 0 Å². The lowest BCUT2D eigenvalue weighted by Gasteiger charge is -2.19. The van der Waals surface area contributed by atoms with E-state index in [1.165, 1.54) is 5.56 Å². The molecule has 0 spiro atoms. The summed E-state index contributed by atoms with van der Waals surface area (Å²) in [7, 11) is 0. The van der Waals surface area contributed by atoms with Crippen LogP contribution in [0.2, 0.25) is 0 Å². The van der Waals surface area contributed by atoms with Crippen molar-refractivity contribution in [2.45, 2.75) is 45.6 Å². The average molecular weight is 492 g/mol. The molecule has 0 N–H and O–H groups in total.